The highest BCUT2D eigenvalue weighted by atomic mass is 16.5. The molecule has 0 atom stereocenters. The van der Waals surface area contributed by atoms with Crippen molar-refractivity contribution in [3.8, 4) is 17.2 Å². The minimum Gasteiger partial charge on any atom is -0.502 e. The summed E-state index contributed by atoms with van der Waals surface area (Å²) in [7, 11) is 3.03. The van der Waals surface area contributed by atoms with Gasteiger partial charge in [-0.3, -0.25) is 0 Å². The van der Waals surface area contributed by atoms with Crippen LogP contribution in [0.25, 0.3) is 6.08 Å². The van der Waals surface area contributed by atoms with Gasteiger partial charge >= 0.3 is 0 Å². The highest BCUT2D eigenvalue weighted by molar-refractivity contribution is 5.61. The maximum absolute atomic E-state index is 9.66. The monoisotopic (exact) mass is 208 g/mol. The lowest BCUT2D eigenvalue weighted by molar-refractivity contribution is 0.340. The van der Waals surface area contributed by atoms with Crippen molar-refractivity contribution in [1.29, 1.82) is 0 Å². The lowest BCUT2D eigenvalue weighted by Gasteiger charge is -2.09. The Bertz CT molecular complexity index is 331. The molecule has 0 heterocycles. The van der Waals surface area contributed by atoms with Crippen LogP contribution >= 0.6 is 0 Å². The predicted molar refractivity (Wildman–Crippen MR) is 60.5 cm³/mol. The Hall–Kier alpha value is -1.64. The van der Waals surface area contributed by atoms with Crippen LogP contribution < -0.4 is 9.47 Å². The number of allylic oxidation sites excluding steroid dienone is 1. The van der Waals surface area contributed by atoms with Crippen LogP contribution in [0.5, 0.6) is 17.2 Å². The average molecular weight is 208 g/mol. The number of benzene rings is 1. The average Bonchev–Trinajstić information content (AvgIpc) is 2.27. The summed E-state index contributed by atoms with van der Waals surface area (Å²) in [5.41, 5.74) is 0.948. The van der Waals surface area contributed by atoms with E-state index in [-0.39, 0.29) is 5.75 Å². The third kappa shape index (κ3) is 2.65. The van der Waals surface area contributed by atoms with Gasteiger partial charge in [0.2, 0.25) is 5.75 Å². The zero-order valence-corrected chi connectivity index (χ0v) is 9.28. The van der Waals surface area contributed by atoms with Crippen LogP contribution in [0.2, 0.25) is 0 Å². The quantitative estimate of drug-likeness (QED) is 0.826. The Labute approximate surface area is 90.0 Å². The first-order chi connectivity index (χ1) is 7.22. The van der Waals surface area contributed by atoms with E-state index in [0.717, 1.165) is 12.0 Å². The molecule has 0 fully saturated rings. The Morgan fingerprint density at radius 1 is 1.20 bits per heavy atom. The van der Waals surface area contributed by atoms with Gasteiger partial charge in [0.25, 0.3) is 0 Å². The van der Waals surface area contributed by atoms with E-state index in [1.807, 2.05) is 12.2 Å². The van der Waals surface area contributed by atoms with E-state index in [9.17, 15) is 5.11 Å². The minimum absolute atomic E-state index is 0.0358. The molecule has 0 aliphatic carbocycles. The van der Waals surface area contributed by atoms with Crippen LogP contribution in [0.1, 0.15) is 18.9 Å². The summed E-state index contributed by atoms with van der Waals surface area (Å²) in [6.45, 7) is 2.06. The Kier molecular flexibility index (Phi) is 4.03. The minimum atomic E-state index is 0.0358. The van der Waals surface area contributed by atoms with Gasteiger partial charge < -0.3 is 14.6 Å². The number of aromatic hydroxyl groups is 1. The fourth-order valence-electron chi connectivity index (χ4n) is 1.26. The van der Waals surface area contributed by atoms with Crippen LogP contribution in [0.15, 0.2) is 18.2 Å². The molecule has 0 aliphatic heterocycles. The van der Waals surface area contributed by atoms with Gasteiger partial charge in [0.05, 0.1) is 14.2 Å². The summed E-state index contributed by atoms with van der Waals surface area (Å²) in [6.07, 6.45) is 4.96. The number of hydrogen-bond donors (Lipinski definition) is 1. The van der Waals surface area contributed by atoms with Crippen molar-refractivity contribution in [2.45, 2.75) is 13.3 Å². The van der Waals surface area contributed by atoms with Gasteiger partial charge in [-0.15, -0.1) is 0 Å². The second kappa shape index (κ2) is 5.29. The van der Waals surface area contributed by atoms with Gasteiger partial charge in [-0.05, 0) is 24.1 Å². The maximum Gasteiger partial charge on any atom is 0.200 e. The molecule has 0 spiro atoms. The number of ether oxygens (including phenoxy) is 2. The first-order valence-corrected chi connectivity index (χ1v) is 4.84. The summed E-state index contributed by atoms with van der Waals surface area (Å²) < 4.78 is 10.1. The molecule has 1 aromatic rings. The maximum atomic E-state index is 9.66. The molecule has 82 valence electrons. The number of rotatable bonds is 4. The fourth-order valence-corrected chi connectivity index (χ4v) is 1.26. The van der Waals surface area contributed by atoms with Gasteiger partial charge in [-0.1, -0.05) is 19.1 Å². The van der Waals surface area contributed by atoms with Crippen molar-refractivity contribution in [1.82, 2.24) is 0 Å². The van der Waals surface area contributed by atoms with Crippen molar-refractivity contribution >= 4 is 6.08 Å². The Balaban J connectivity index is 3.14. The van der Waals surface area contributed by atoms with Gasteiger partial charge in [0, 0.05) is 0 Å². The smallest absolute Gasteiger partial charge is 0.200 e. The van der Waals surface area contributed by atoms with E-state index in [4.69, 9.17) is 9.47 Å². The van der Waals surface area contributed by atoms with E-state index < -0.39 is 0 Å². The molecule has 0 saturated heterocycles. The number of hydrogen-bond acceptors (Lipinski definition) is 3. The second-order valence-corrected chi connectivity index (χ2v) is 3.08. The van der Waals surface area contributed by atoms with Crippen molar-refractivity contribution in [3.63, 3.8) is 0 Å². The van der Waals surface area contributed by atoms with E-state index in [2.05, 4.69) is 6.92 Å². The SMILES string of the molecule is CC/C=C/c1cc(OC)c(O)c(OC)c1. The lowest BCUT2D eigenvalue weighted by atomic mass is 10.1. The highest BCUT2D eigenvalue weighted by Gasteiger charge is 2.09. The normalized spacial score (nSPS) is 10.6. The molecule has 0 bridgehead atoms. The van der Waals surface area contributed by atoms with Gasteiger partial charge in [-0.2, -0.15) is 0 Å². The molecule has 15 heavy (non-hydrogen) atoms. The standard InChI is InChI=1S/C12H16O3/c1-4-5-6-9-7-10(14-2)12(13)11(8-9)15-3/h5-8,13H,4H2,1-3H3/b6-5+. The van der Waals surface area contributed by atoms with Crippen molar-refractivity contribution < 1.29 is 14.6 Å². The largest absolute Gasteiger partial charge is 0.502 e. The molecule has 1 aromatic carbocycles. The second-order valence-electron chi connectivity index (χ2n) is 3.08. The summed E-state index contributed by atoms with van der Waals surface area (Å²) in [5, 5.41) is 9.66. The molecular weight excluding hydrogens is 192 g/mol. The molecule has 0 amide bonds. The van der Waals surface area contributed by atoms with Crippen LogP contribution in [0.3, 0.4) is 0 Å². The van der Waals surface area contributed by atoms with E-state index >= 15 is 0 Å². The highest BCUT2D eigenvalue weighted by Crippen LogP contribution is 2.37. The summed E-state index contributed by atoms with van der Waals surface area (Å²) in [5.74, 6) is 0.879. The van der Waals surface area contributed by atoms with Gasteiger partial charge in [0.1, 0.15) is 0 Å². The number of phenols is 1. The summed E-state index contributed by atoms with van der Waals surface area (Å²) >= 11 is 0. The van der Waals surface area contributed by atoms with Crippen LogP contribution in [-0.2, 0) is 0 Å². The van der Waals surface area contributed by atoms with Gasteiger partial charge in [0.15, 0.2) is 11.5 Å². The molecule has 0 saturated carbocycles. The van der Waals surface area contributed by atoms with Crippen LogP contribution in [0.4, 0.5) is 0 Å². The molecule has 3 heteroatoms. The topological polar surface area (TPSA) is 38.7 Å². The third-order valence-electron chi connectivity index (χ3n) is 2.05. The van der Waals surface area contributed by atoms with Crippen molar-refractivity contribution in [2.75, 3.05) is 14.2 Å². The molecule has 0 aromatic heterocycles. The van der Waals surface area contributed by atoms with Crippen molar-refractivity contribution in [2.24, 2.45) is 0 Å². The summed E-state index contributed by atoms with van der Waals surface area (Å²) in [6, 6.07) is 3.54. The van der Waals surface area contributed by atoms with E-state index in [1.54, 1.807) is 12.1 Å². The molecule has 0 unspecified atom stereocenters. The number of methoxy groups -OCH3 is 2. The molecule has 1 N–H and O–H groups in total. The number of phenolic OH excluding ortho intramolecular Hbond substituents is 1. The van der Waals surface area contributed by atoms with Crippen molar-refractivity contribution in [3.05, 3.63) is 23.8 Å². The zero-order chi connectivity index (χ0) is 11.3. The fraction of sp³-hybridized carbons (Fsp3) is 0.333. The Morgan fingerprint density at radius 2 is 1.73 bits per heavy atom. The predicted octanol–water partition coefficient (Wildman–Crippen LogP) is 2.83. The van der Waals surface area contributed by atoms with Gasteiger partial charge in [-0.25, -0.2) is 0 Å². The molecular formula is C12H16O3. The van der Waals surface area contributed by atoms with E-state index in [0.29, 0.717) is 11.5 Å². The van der Waals surface area contributed by atoms with E-state index in [1.165, 1.54) is 14.2 Å². The first-order valence-electron chi connectivity index (χ1n) is 4.84. The lowest BCUT2D eigenvalue weighted by Crippen LogP contribution is -1.90. The summed E-state index contributed by atoms with van der Waals surface area (Å²) in [4.78, 5) is 0. The molecule has 0 radical (unpaired) electrons. The van der Waals surface area contributed by atoms with Crippen LogP contribution in [-0.4, -0.2) is 19.3 Å². The zero-order valence-electron chi connectivity index (χ0n) is 9.28. The van der Waals surface area contributed by atoms with Crippen LogP contribution in [0, 0.1) is 0 Å². The molecule has 0 aliphatic rings. The first kappa shape index (κ1) is 11.4. The Morgan fingerprint density at radius 3 is 2.13 bits per heavy atom. The third-order valence-corrected chi connectivity index (χ3v) is 2.05. The molecule has 3 nitrogen and oxygen atoms in total. The molecule has 1 rings (SSSR count).